The first kappa shape index (κ1) is 15.5. The van der Waals surface area contributed by atoms with Gasteiger partial charge >= 0.3 is 12.0 Å². The van der Waals surface area contributed by atoms with Crippen LogP contribution in [0.25, 0.3) is 0 Å². The van der Waals surface area contributed by atoms with Crippen molar-refractivity contribution in [2.24, 2.45) is 0 Å². The molecule has 2 heterocycles. The normalized spacial score (nSPS) is 22.1. The summed E-state index contributed by atoms with van der Waals surface area (Å²) < 4.78 is 5.40. The van der Waals surface area contributed by atoms with Crippen LogP contribution in [0.1, 0.15) is 36.6 Å². The number of rotatable bonds is 5. The topological polar surface area (TPSA) is 75.6 Å². The Morgan fingerprint density at radius 2 is 2.18 bits per heavy atom. The van der Waals surface area contributed by atoms with Crippen molar-refractivity contribution in [2.75, 3.05) is 24.4 Å². The van der Waals surface area contributed by atoms with Crippen molar-refractivity contribution in [3.63, 3.8) is 0 Å². The average Bonchev–Trinajstić information content (AvgIpc) is 3.22. The number of nitrogens with zero attached hydrogens (tertiary/aromatic N) is 4. The van der Waals surface area contributed by atoms with E-state index in [1.807, 2.05) is 0 Å². The van der Waals surface area contributed by atoms with E-state index in [1.165, 1.54) is 16.2 Å². The van der Waals surface area contributed by atoms with Crippen molar-refractivity contribution in [3.05, 3.63) is 5.01 Å². The van der Waals surface area contributed by atoms with E-state index in [9.17, 15) is 9.59 Å². The van der Waals surface area contributed by atoms with Crippen LogP contribution in [0, 0.1) is 0 Å². The first-order chi connectivity index (χ1) is 10.6. The molecule has 1 saturated carbocycles. The minimum atomic E-state index is -0.639. The maximum absolute atomic E-state index is 12.4. The van der Waals surface area contributed by atoms with Gasteiger partial charge in [-0.1, -0.05) is 11.3 Å². The summed E-state index contributed by atoms with van der Waals surface area (Å²) in [5.74, 6) is 0.264. The highest BCUT2D eigenvalue weighted by Crippen LogP contribution is 2.43. The summed E-state index contributed by atoms with van der Waals surface area (Å²) in [6.07, 6.45) is 2.26. The fourth-order valence-electron chi connectivity index (χ4n) is 2.26. The Morgan fingerprint density at radius 1 is 1.41 bits per heavy atom. The third kappa shape index (κ3) is 3.17. The number of alkyl halides is 1. The van der Waals surface area contributed by atoms with Crippen molar-refractivity contribution in [2.45, 2.75) is 37.8 Å². The molecule has 1 aromatic heterocycles. The molecule has 1 aromatic rings. The molecule has 9 heteroatoms. The zero-order valence-corrected chi connectivity index (χ0v) is 13.8. The second kappa shape index (κ2) is 6.37. The van der Waals surface area contributed by atoms with Crippen LogP contribution in [-0.2, 0) is 9.53 Å². The third-order valence-electron chi connectivity index (χ3n) is 3.66. The van der Waals surface area contributed by atoms with Gasteiger partial charge in [-0.15, -0.1) is 21.8 Å². The monoisotopic (exact) mass is 344 g/mol. The highest BCUT2D eigenvalue weighted by Gasteiger charge is 2.38. The smallest absolute Gasteiger partial charge is 0.329 e. The van der Waals surface area contributed by atoms with Gasteiger partial charge < -0.3 is 9.64 Å². The number of aromatic nitrogens is 2. The molecule has 2 amide bonds. The van der Waals surface area contributed by atoms with Gasteiger partial charge in [0.05, 0.1) is 6.42 Å². The zero-order valence-electron chi connectivity index (χ0n) is 12.2. The predicted octanol–water partition coefficient (Wildman–Crippen LogP) is 2.18. The van der Waals surface area contributed by atoms with Gasteiger partial charge in [0.15, 0.2) is 6.23 Å². The lowest BCUT2D eigenvalue weighted by atomic mass is 10.2. The van der Waals surface area contributed by atoms with Gasteiger partial charge in [0.1, 0.15) is 5.01 Å². The van der Waals surface area contributed by atoms with Crippen molar-refractivity contribution < 1.29 is 14.3 Å². The summed E-state index contributed by atoms with van der Waals surface area (Å²) in [6.45, 7) is 0.530. The lowest BCUT2D eigenvalue weighted by molar-refractivity contribution is -0.149. The Labute approximate surface area is 137 Å². The number of esters is 1. The molecule has 0 aromatic carbocycles. The number of ether oxygens (including phenoxy) is 1. The van der Waals surface area contributed by atoms with Crippen molar-refractivity contribution >= 4 is 40.1 Å². The molecule has 120 valence electrons. The summed E-state index contributed by atoms with van der Waals surface area (Å²) in [6, 6.07) is -0.228. The van der Waals surface area contributed by atoms with Gasteiger partial charge in [-0.3, -0.25) is 4.79 Å². The van der Waals surface area contributed by atoms with Crippen LogP contribution in [0.2, 0.25) is 0 Å². The van der Waals surface area contributed by atoms with Crippen molar-refractivity contribution in [1.82, 2.24) is 15.1 Å². The number of hydrogen-bond acceptors (Lipinski definition) is 6. The first-order valence-electron chi connectivity index (χ1n) is 7.23. The van der Waals surface area contributed by atoms with Crippen molar-refractivity contribution in [1.29, 1.82) is 0 Å². The second-order valence-corrected chi connectivity index (χ2v) is 6.81. The summed E-state index contributed by atoms with van der Waals surface area (Å²) >= 11 is 6.95. The average molecular weight is 345 g/mol. The summed E-state index contributed by atoms with van der Waals surface area (Å²) in [4.78, 5) is 27.2. The van der Waals surface area contributed by atoms with Gasteiger partial charge in [0, 0.05) is 31.8 Å². The Hall–Kier alpha value is -1.41. The fraction of sp³-hybridized carbons (Fsp3) is 0.692. The van der Waals surface area contributed by atoms with E-state index >= 15 is 0 Å². The van der Waals surface area contributed by atoms with E-state index in [4.69, 9.17) is 16.3 Å². The lowest BCUT2D eigenvalue weighted by Gasteiger charge is -2.37. The van der Waals surface area contributed by atoms with E-state index in [2.05, 4.69) is 10.2 Å². The molecule has 22 heavy (non-hydrogen) atoms. The second-order valence-electron chi connectivity index (χ2n) is 5.44. The molecule has 1 unspecified atom stereocenters. The molecule has 0 N–H and O–H groups in total. The SMILES string of the molecule is CN1CCC(OC(=O)CCCl)N(c2nnc(C3CC3)s2)C1=O. The van der Waals surface area contributed by atoms with Crippen LogP contribution in [0.3, 0.4) is 0 Å². The van der Waals surface area contributed by atoms with Crippen LogP contribution < -0.4 is 4.90 Å². The molecule has 1 aliphatic carbocycles. The number of hydrogen-bond donors (Lipinski definition) is 0. The quantitative estimate of drug-likeness (QED) is 0.604. The number of carbonyl (C=O) groups excluding carboxylic acids is 2. The Kier molecular flexibility index (Phi) is 4.49. The molecule has 2 fully saturated rings. The molecule has 0 radical (unpaired) electrons. The Bertz CT molecular complexity index is 577. The number of anilines is 1. The minimum Gasteiger partial charge on any atom is -0.441 e. The molecule has 1 aliphatic heterocycles. The van der Waals surface area contributed by atoms with E-state index in [-0.39, 0.29) is 18.3 Å². The number of urea groups is 1. The standard InChI is InChI=1S/C13H17ClN4O3S/c1-17-7-5-9(21-10(19)4-6-14)18(13(17)20)12-16-15-11(22-12)8-2-3-8/h8-9H,2-7H2,1H3. The maximum atomic E-state index is 12.4. The van der Waals surface area contributed by atoms with E-state index in [0.717, 1.165) is 17.8 Å². The van der Waals surface area contributed by atoms with Crippen molar-refractivity contribution in [3.8, 4) is 0 Å². The highest BCUT2D eigenvalue weighted by atomic mass is 35.5. The first-order valence-corrected chi connectivity index (χ1v) is 8.58. The summed E-state index contributed by atoms with van der Waals surface area (Å²) in [5.41, 5.74) is 0. The molecule has 0 spiro atoms. The van der Waals surface area contributed by atoms with Crippen LogP contribution in [-0.4, -0.2) is 52.8 Å². The fourth-order valence-corrected chi connectivity index (χ4v) is 3.46. The third-order valence-corrected chi connectivity index (χ3v) is 4.93. The van der Waals surface area contributed by atoms with Gasteiger partial charge in [0.2, 0.25) is 5.13 Å². The van der Waals surface area contributed by atoms with Crippen LogP contribution >= 0.6 is 22.9 Å². The molecule has 2 aliphatic rings. The summed E-state index contributed by atoms with van der Waals surface area (Å²) in [7, 11) is 1.72. The lowest BCUT2D eigenvalue weighted by Crippen LogP contribution is -2.54. The minimum absolute atomic E-state index is 0.124. The zero-order chi connectivity index (χ0) is 15.7. The molecule has 7 nitrogen and oxygen atoms in total. The molecular weight excluding hydrogens is 328 g/mol. The van der Waals surface area contributed by atoms with E-state index < -0.39 is 12.2 Å². The van der Waals surface area contributed by atoms with Gasteiger partial charge in [-0.2, -0.15) is 0 Å². The van der Waals surface area contributed by atoms with Crippen LogP contribution in [0.4, 0.5) is 9.93 Å². The molecular formula is C13H17ClN4O3S. The van der Waals surface area contributed by atoms with Gasteiger partial charge in [-0.05, 0) is 12.8 Å². The van der Waals surface area contributed by atoms with Gasteiger partial charge in [0.25, 0.3) is 0 Å². The molecule has 1 atom stereocenters. The molecule has 3 rings (SSSR count). The maximum Gasteiger partial charge on any atom is 0.329 e. The van der Waals surface area contributed by atoms with Gasteiger partial charge in [-0.25, -0.2) is 9.69 Å². The van der Waals surface area contributed by atoms with Crippen LogP contribution in [0.5, 0.6) is 0 Å². The predicted molar refractivity (Wildman–Crippen MR) is 82.2 cm³/mol. The van der Waals surface area contributed by atoms with Crippen LogP contribution in [0.15, 0.2) is 0 Å². The number of halogens is 1. The summed E-state index contributed by atoms with van der Waals surface area (Å²) in [5, 5.41) is 9.71. The number of amides is 2. The Morgan fingerprint density at radius 3 is 2.86 bits per heavy atom. The molecule has 0 bridgehead atoms. The van der Waals surface area contributed by atoms with E-state index in [0.29, 0.717) is 24.0 Å². The largest absolute Gasteiger partial charge is 0.441 e. The highest BCUT2D eigenvalue weighted by molar-refractivity contribution is 7.15. The molecule has 1 saturated heterocycles. The van der Waals surface area contributed by atoms with E-state index in [1.54, 1.807) is 11.9 Å². The Balaban J connectivity index is 1.80. The number of carbonyl (C=O) groups is 2.